The Labute approximate surface area is 148 Å². The maximum Gasteiger partial charge on any atom is 0.231 e. The lowest BCUT2D eigenvalue weighted by Crippen LogP contribution is -2.47. The maximum atomic E-state index is 5.51. The number of methoxy groups -OCH3 is 1. The molecule has 4 rings (SSSR count). The number of benzene rings is 2. The van der Waals surface area contributed by atoms with Gasteiger partial charge < -0.3 is 19.1 Å². The van der Waals surface area contributed by atoms with Crippen molar-refractivity contribution in [3.05, 3.63) is 48.0 Å². The second-order valence-electron chi connectivity index (χ2n) is 6.48. The lowest BCUT2D eigenvalue weighted by Gasteiger charge is -2.39. The van der Waals surface area contributed by atoms with Crippen LogP contribution in [0.5, 0.6) is 17.2 Å². The molecule has 2 aliphatic heterocycles. The van der Waals surface area contributed by atoms with E-state index in [9.17, 15) is 0 Å². The Morgan fingerprint density at radius 1 is 0.960 bits per heavy atom. The van der Waals surface area contributed by atoms with Crippen LogP contribution in [-0.4, -0.2) is 45.0 Å². The molecule has 2 aliphatic rings. The van der Waals surface area contributed by atoms with Gasteiger partial charge in [0, 0.05) is 32.2 Å². The number of hydrogen-bond acceptors (Lipinski definition) is 5. The predicted molar refractivity (Wildman–Crippen MR) is 97.8 cm³/mol. The Hall–Kier alpha value is -2.40. The first kappa shape index (κ1) is 16.1. The van der Waals surface area contributed by atoms with Crippen LogP contribution in [0, 0.1) is 0 Å². The number of anilines is 1. The van der Waals surface area contributed by atoms with Gasteiger partial charge in [0.1, 0.15) is 5.75 Å². The van der Waals surface area contributed by atoms with E-state index in [4.69, 9.17) is 14.2 Å². The third-order valence-electron chi connectivity index (χ3n) is 5.17. The molecule has 0 N–H and O–H groups in total. The summed E-state index contributed by atoms with van der Waals surface area (Å²) in [7, 11) is 1.73. The topological polar surface area (TPSA) is 34.2 Å². The standard InChI is InChI=1S/C20H24N2O3/c1-15(16-7-8-19-20(13-16)25-14-24-19)21-9-11-22(12-10-21)17-5-3-4-6-18(17)23-2/h3-8,13,15H,9-12,14H2,1-2H3. The SMILES string of the molecule is COc1ccccc1N1CCN(C(C)c2ccc3c(c2)OCO3)CC1. The molecule has 0 spiro atoms. The highest BCUT2D eigenvalue weighted by atomic mass is 16.7. The van der Waals surface area contributed by atoms with Gasteiger partial charge in [0.25, 0.3) is 0 Å². The van der Waals surface area contributed by atoms with Crippen LogP contribution in [0.25, 0.3) is 0 Å². The quantitative estimate of drug-likeness (QED) is 0.853. The Morgan fingerprint density at radius 3 is 2.52 bits per heavy atom. The van der Waals surface area contributed by atoms with Crippen molar-refractivity contribution in [2.75, 3.05) is 45.0 Å². The third-order valence-corrected chi connectivity index (χ3v) is 5.17. The van der Waals surface area contributed by atoms with Gasteiger partial charge in [0.2, 0.25) is 6.79 Å². The van der Waals surface area contributed by atoms with Crippen molar-refractivity contribution in [2.24, 2.45) is 0 Å². The molecule has 132 valence electrons. The molecule has 0 aromatic heterocycles. The molecular formula is C20H24N2O3. The number of ether oxygens (including phenoxy) is 3. The van der Waals surface area contributed by atoms with Crippen LogP contribution >= 0.6 is 0 Å². The van der Waals surface area contributed by atoms with Crippen molar-refractivity contribution in [1.82, 2.24) is 4.90 Å². The van der Waals surface area contributed by atoms with Gasteiger partial charge in [0.05, 0.1) is 12.8 Å². The molecule has 0 aliphatic carbocycles. The molecule has 1 unspecified atom stereocenters. The van der Waals surface area contributed by atoms with E-state index in [1.807, 2.05) is 18.2 Å². The Morgan fingerprint density at radius 2 is 1.72 bits per heavy atom. The van der Waals surface area contributed by atoms with E-state index in [0.29, 0.717) is 12.8 Å². The zero-order valence-corrected chi connectivity index (χ0v) is 14.8. The monoisotopic (exact) mass is 340 g/mol. The summed E-state index contributed by atoms with van der Waals surface area (Å²) >= 11 is 0. The first-order chi connectivity index (χ1) is 12.3. The van der Waals surface area contributed by atoms with Crippen molar-refractivity contribution in [3.63, 3.8) is 0 Å². The van der Waals surface area contributed by atoms with E-state index in [2.05, 4.69) is 41.0 Å². The molecule has 0 amide bonds. The van der Waals surface area contributed by atoms with Crippen LogP contribution in [0.3, 0.4) is 0 Å². The molecule has 2 aromatic rings. The maximum absolute atomic E-state index is 5.51. The highest BCUT2D eigenvalue weighted by Gasteiger charge is 2.25. The minimum atomic E-state index is 0.324. The van der Waals surface area contributed by atoms with Crippen molar-refractivity contribution in [3.8, 4) is 17.2 Å². The van der Waals surface area contributed by atoms with Crippen molar-refractivity contribution in [2.45, 2.75) is 13.0 Å². The van der Waals surface area contributed by atoms with Crippen LogP contribution in [0.2, 0.25) is 0 Å². The van der Waals surface area contributed by atoms with Crippen LogP contribution in [-0.2, 0) is 0 Å². The Kier molecular flexibility index (Phi) is 4.40. The van der Waals surface area contributed by atoms with Crippen LogP contribution in [0.4, 0.5) is 5.69 Å². The minimum absolute atomic E-state index is 0.324. The molecule has 0 bridgehead atoms. The van der Waals surface area contributed by atoms with Gasteiger partial charge in [-0.1, -0.05) is 18.2 Å². The minimum Gasteiger partial charge on any atom is -0.495 e. The predicted octanol–water partition coefficient (Wildman–Crippen LogP) is 3.31. The van der Waals surface area contributed by atoms with E-state index in [0.717, 1.165) is 43.4 Å². The van der Waals surface area contributed by atoms with Gasteiger partial charge in [-0.05, 0) is 36.8 Å². The van der Waals surface area contributed by atoms with Gasteiger partial charge in [-0.3, -0.25) is 4.90 Å². The van der Waals surface area contributed by atoms with Crippen LogP contribution in [0.15, 0.2) is 42.5 Å². The largest absolute Gasteiger partial charge is 0.495 e. The van der Waals surface area contributed by atoms with Crippen molar-refractivity contribution >= 4 is 5.69 Å². The summed E-state index contributed by atoms with van der Waals surface area (Å²) in [6.07, 6.45) is 0. The third kappa shape index (κ3) is 3.12. The first-order valence-electron chi connectivity index (χ1n) is 8.78. The Balaban J connectivity index is 1.43. The summed E-state index contributed by atoms with van der Waals surface area (Å²) in [6, 6.07) is 14.9. The normalized spacial score (nSPS) is 18.2. The molecule has 1 atom stereocenters. The number of rotatable bonds is 4. The fraction of sp³-hybridized carbons (Fsp3) is 0.400. The fourth-order valence-electron chi connectivity index (χ4n) is 3.62. The summed E-state index contributed by atoms with van der Waals surface area (Å²) in [5, 5.41) is 0. The molecule has 5 heteroatoms. The molecule has 2 aromatic carbocycles. The van der Waals surface area contributed by atoms with Gasteiger partial charge >= 0.3 is 0 Å². The molecular weight excluding hydrogens is 316 g/mol. The summed E-state index contributed by atoms with van der Waals surface area (Å²) in [5.74, 6) is 2.65. The van der Waals surface area contributed by atoms with E-state index >= 15 is 0 Å². The number of hydrogen-bond donors (Lipinski definition) is 0. The smallest absolute Gasteiger partial charge is 0.231 e. The molecule has 1 saturated heterocycles. The molecule has 0 radical (unpaired) electrons. The molecule has 0 saturated carbocycles. The van der Waals surface area contributed by atoms with Gasteiger partial charge in [-0.15, -0.1) is 0 Å². The van der Waals surface area contributed by atoms with Crippen LogP contribution in [0.1, 0.15) is 18.5 Å². The first-order valence-corrected chi connectivity index (χ1v) is 8.78. The van der Waals surface area contributed by atoms with Crippen molar-refractivity contribution in [1.29, 1.82) is 0 Å². The Bertz CT molecular complexity index is 741. The lowest BCUT2D eigenvalue weighted by molar-refractivity contribution is 0.173. The van der Waals surface area contributed by atoms with Gasteiger partial charge in [-0.2, -0.15) is 0 Å². The summed E-state index contributed by atoms with van der Waals surface area (Å²) in [4.78, 5) is 4.92. The fourth-order valence-corrected chi connectivity index (χ4v) is 3.62. The average Bonchev–Trinajstić information content (AvgIpc) is 3.15. The van der Waals surface area contributed by atoms with Crippen molar-refractivity contribution < 1.29 is 14.2 Å². The number of para-hydroxylation sites is 2. The highest BCUT2D eigenvalue weighted by molar-refractivity contribution is 5.58. The summed E-state index contributed by atoms with van der Waals surface area (Å²) < 4.78 is 16.4. The molecule has 1 fully saturated rings. The number of nitrogens with zero attached hydrogens (tertiary/aromatic N) is 2. The van der Waals surface area contributed by atoms with Crippen LogP contribution < -0.4 is 19.1 Å². The zero-order valence-electron chi connectivity index (χ0n) is 14.8. The van der Waals surface area contributed by atoms with Gasteiger partial charge in [0.15, 0.2) is 11.5 Å². The molecule has 25 heavy (non-hydrogen) atoms. The van der Waals surface area contributed by atoms with Gasteiger partial charge in [-0.25, -0.2) is 0 Å². The van der Waals surface area contributed by atoms with E-state index in [1.54, 1.807) is 7.11 Å². The lowest BCUT2D eigenvalue weighted by atomic mass is 10.1. The second-order valence-corrected chi connectivity index (χ2v) is 6.48. The second kappa shape index (κ2) is 6.84. The van der Waals surface area contributed by atoms with E-state index in [1.165, 1.54) is 11.3 Å². The average molecular weight is 340 g/mol. The molecule has 5 nitrogen and oxygen atoms in total. The number of piperazine rings is 1. The number of fused-ring (bicyclic) bond motifs is 1. The summed E-state index contributed by atoms with van der Waals surface area (Å²) in [5.41, 5.74) is 2.45. The zero-order chi connectivity index (χ0) is 17.2. The highest BCUT2D eigenvalue weighted by Crippen LogP contribution is 2.36. The summed E-state index contributed by atoms with van der Waals surface area (Å²) in [6.45, 7) is 6.62. The van der Waals surface area contributed by atoms with E-state index < -0.39 is 0 Å². The van der Waals surface area contributed by atoms with E-state index in [-0.39, 0.29) is 0 Å². The molecule has 2 heterocycles.